The number of fused-ring (bicyclic) bond motifs is 1. The molecule has 116 valence electrons. The van der Waals surface area contributed by atoms with Gasteiger partial charge in [-0.2, -0.15) is 5.26 Å². The average molecular weight is 325 g/mol. The highest BCUT2D eigenvalue weighted by Gasteiger charge is 2.25. The molecule has 1 amide bonds. The van der Waals surface area contributed by atoms with E-state index in [2.05, 4.69) is 16.4 Å². The highest BCUT2D eigenvalue weighted by atomic mass is 32.1. The van der Waals surface area contributed by atoms with Crippen molar-refractivity contribution in [2.24, 2.45) is 0 Å². The molecule has 5 nitrogen and oxygen atoms in total. The van der Waals surface area contributed by atoms with Crippen LogP contribution >= 0.6 is 11.3 Å². The first kappa shape index (κ1) is 15.4. The molecule has 1 atom stereocenters. The van der Waals surface area contributed by atoms with Gasteiger partial charge in [0.05, 0.1) is 17.4 Å². The largest absolute Gasteiger partial charge is 0.393 e. The number of thiophene rings is 1. The van der Waals surface area contributed by atoms with Crippen LogP contribution in [0.5, 0.6) is 0 Å². The summed E-state index contributed by atoms with van der Waals surface area (Å²) in [6.07, 6.45) is 6.20. The molecular weight excluding hydrogens is 310 g/mol. The SMILES string of the molecule is N#Cc1c(NC(=O)/C=C/c2ccccn2)sc2c1CCC(O)C2. The summed E-state index contributed by atoms with van der Waals surface area (Å²) in [5, 5.41) is 22.4. The Kier molecular flexibility index (Phi) is 4.51. The van der Waals surface area contributed by atoms with Crippen LogP contribution in [-0.2, 0) is 17.6 Å². The highest BCUT2D eigenvalue weighted by Crippen LogP contribution is 2.37. The number of rotatable bonds is 3. The second-order valence-electron chi connectivity index (χ2n) is 5.29. The molecule has 0 saturated heterocycles. The molecule has 1 aliphatic rings. The van der Waals surface area contributed by atoms with Gasteiger partial charge in [-0.1, -0.05) is 6.07 Å². The smallest absolute Gasteiger partial charge is 0.249 e. The highest BCUT2D eigenvalue weighted by molar-refractivity contribution is 7.16. The van der Waals surface area contributed by atoms with Crippen molar-refractivity contribution in [1.29, 1.82) is 5.26 Å². The van der Waals surface area contributed by atoms with Crippen LogP contribution in [0.15, 0.2) is 30.5 Å². The predicted octanol–water partition coefficient (Wildman–Crippen LogP) is 2.52. The number of carbonyl (C=O) groups excluding carboxylic acids is 1. The van der Waals surface area contributed by atoms with Crippen molar-refractivity contribution in [2.75, 3.05) is 5.32 Å². The van der Waals surface area contributed by atoms with Crippen LogP contribution in [0, 0.1) is 11.3 Å². The molecule has 2 N–H and O–H groups in total. The number of aliphatic hydroxyl groups is 1. The molecule has 0 radical (unpaired) electrons. The maximum atomic E-state index is 12.1. The van der Waals surface area contributed by atoms with Gasteiger partial charge < -0.3 is 10.4 Å². The van der Waals surface area contributed by atoms with E-state index in [1.165, 1.54) is 17.4 Å². The van der Waals surface area contributed by atoms with Gasteiger partial charge in [0.15, 0.2) is 0 Å². The van der Waals surface area contributed by atoms with Crippen molar-refractivity contribution < 1.29 is 9.90 Å². The summed E-state index contributed by atoms with van der Waals surface area (Å²) in [7, 11) is 0. The second-order valence-corrected chi connectivity index (χ2v) is 6.40. The van der Waals surface area contributed by atoms with Gasteiger partial charge in [0.2, 0.25) is 5.91 Å². The van der Waals surface area contributed by atoms with Crippen LogP contribution in [0.25, 0.3) is 6.08 Å². The zero-order valence-electron chi connectivity index (χ0n) is 12.3. The van der Waals surface area contributed by atoms with Gasteiger partial charge in [-0.25, -0.2) is 0 Å². The normalized spacial score (nSPS) is 16.8. The Balaban J connectivity index is 1.77. The van der Waals surface area contributed by atoms with Crippen LogP contribution in [0.4, 0.5) is 5.00 Å². The fourth-order valence-electron chi connectivity index (χ4n) is 2.56. The Morgan fingerprint density at radius 1 is 1.52 bits per heavy atom. The van der Waals surface area contributed by atoms with Crippen molar-refractivity contribution in [3.8, 4) is 6.07 Å². The van der Waals surface area contributed by atoms with Crippen molar-refractivity contribution in [3.05, 3.63) is 52.2 Å². The molecule has 2 heterocycles. The lowest BCUT2D eigenvalue weighted by Gasteiger charge is -2.16. The monoisotopic (exact) mass is 325 g/mol. The second kappa shape index (κ2) is 6.73. The fraction of sp³-hybridized carbons (Fsp3) is 0.235. The quantitative estimate of drug-likeness (QED) is 0.849. The number of aromatic nitrogens is 1. The van der Waals surface area contributed by atoms with E-state index in [1.807, 2.05) is 6.07 Å². The number of aliphatic hydroxyl groups excluding tert-OH is 1. The molecule has 0 aromatic carbocycles. The van der Waals surface area contributed by atoms with Crippen LogP contribution in [0.1, 0.15) is 28.1 Å². The van der Waals surface area contributed by atoms with E-state index in [1.54, 1.807) is 24.4 Å². The standard InChI is InChI=1S/C17H15N3O2S/c18-10-14-13-6-5-12(21)9-15(13)23-17(14)20-16(22)7-4-11-3-1-2-8-19-11/h1-4,7-8,12,21H,5-6,9H2,(H,20,22)/b7-4+. The van der Waals surface area contributed by atoms with E-state index in [0.29, 0.717) is 35.5 Å². The van der Waals surface area contributed by atoms with Gasteiger partial charge in [0.1, 0.15) is 11.1 Å². The molecule has 1 unspecified atom stereocenters. The number of hydrogen-bond acceptors (Lipinski definition) is 5. The van der Waals surface area contributed by atoms with E-state index in [9.17, 15) is 15.2 Å². The Morgan fingerprint density at radius 2 is 2.39 bits per heavy atom. The number of anilines is 1. The van der Waals surface area contributed by atoms with Gasteiger partial charge in [0.25, 0.3) is 0 Å². The van der Waals surface area contributed by atoms with E-state index >= 15 is 0 Å². The summed E-state index contributed by atoms with van der Waals surface area (Å²) in [5.74, 6) is -0.300. The number of pyridine rings is 1. The summed E-state index contributed by atoms with van der Waals surface area (Å²) >= 11 is 1.38. The molecule has 3 rings (SSSR count). The van der Waals surface area contributed by atoms with Gasteiger partial charge >= 0.3 is 0 Å². The first-order valence-electron chi connectivity index (χ1n) is 7.30. The summed E-state index contributed by atoms with van der Waals surface area (Å²) in [5.41, 5.74) is 2.18. The van der Waals surface area contributed by atoms with Gasteiger partial charge in [0, 0.05) is 23.6 Å². The van der Waals surface area contributed by atoms with Crippen LogP contribution in [0.2, 0.25) is 0 Å². The number of amides is 1. The third-order valence-electron chi connectivity index (χ3n) is 3.68. The topological polar surface area (TPSA) is 86.0 Å². The Morgan fingerprint density at radius 3 is 3.13 bits per heavy atom. The Labute approximate surface area is 137 Å². The summed E-state index contributed by atoms with van der Waals surface area (Å²) in [6, 6.07) is 7.63. The average Bonchev–Trinajstić information content (AvgIpc) is 2.89. The Hall–Kier alpha value is -2.49. The summed E-state index contributed by atoms with van der Waals surface area (Å²) in [4.78, 5) is 17.2. The minimum atomic E-state index is -0.361. The molecule has 2 aromatic rings. The molecule has 0 saturated carbocycles. The summed E-state index contributed by atoms with van der Waals surface area (Å²) < 4.78 is 0. The van der Waals surface area contributed by atoms with Crippen molar-refractivity contribution >= 4 is 28.3 Å². The lowest BCUT2D eigenvalue weighted by Crippen LogP contribution is -2.17. The third-order valence-corrected chi connectivity index (χ3v) is 4.85. The molecular formula is C17H15N3O2S. The zero-order chi connectivity index (χ0) is 16.2. The van der Waals surface area contributed by atoms with Crippen LogP contribution < -0.4 is 5.32 Å². The van der Waals surface area contributed by atoms with Gasteiger partial charge in [-0.3, -0.25) is 9.78 Å². The van der Waals surface area contributed by atoms with Crippen molar-refractivity contribution in [2.45, 2.75) is 25.4 Å². The first-order valence-corrected chi connectivity index (χ1v) is 8.12. The molecule has 6 heteroatoms. The molecule has 0 bridgehead atoms. The third kappa shape index (κ3) is 3.47. The predicted molar refractivity (Wildman–Crippen MR) is 89.0 cm³/mol. The van der Waals surface area contributed by atoms with Crippen LogP contribution in [0.3, 0.4) is 0 Å². The number of nitrogens with one attached hydrogen (secondary N) is 1. The van der Waals surface area contributed by atoms with E-state index in [0.717, 1.165) is 10.4 Å². The van der Waals surface area contributed by atoms with Crippen molar-refractivity contribution in [1.82, 2.24) is 4.98 Å². The molecule has 0 fully saturated rings. The molecule has 0 spiro atoms. The van der Waals surface area contributed by atoms with E-state index < -0.39 is 0 Å². The Bertz CT molecular complexity index is 790. The minimum Gasteiger partial charge on any atom is -0.393 e. The summed E-state index contributed by atoms with van der Waals surface area (Å²) in [6.45, 7) is 0. The van der Waals surface area contributed by atoms with Crippen LogP contribution in [-0.4, -0.2) is 22.1 Å². The van der Waals surface area contributed by atoms with Crippen molar-refractivity contribution in [3.63, 3.8) is 0 Å². The number of nitrogens with zero attached hydrogens (tertiary/aromatic N) is 2. The number of nitriles is 1. The lowest BCUT2D eigenvalue weighted by molar-refractivity contribution is -0.111. The maximum absolute atomic E-state index is 12.1. The first-order chi connectivity index (χ1) is 11.2. The van der Waals surface area contributed by atoms with Gasteiger partial charge in [-0.15, -0.1) is 11.3 Å². The van der Waals surface area contributed by atoms with E-state index in [4.69, 9.17) is 0 Å². The van der Waals surface area contributed by atoms with E-state index in [-0.39, 0.29) is 12.0 Å². The fourth-order valence-corrected chi connectivity index (χ4v) is 3.84. The molecule has 2 aromatic heterocycles. The molecule has 1 aliphatic carbocycles. The minimum absolute atomic E-state index is 0.300. The molecule has 23 heavy (non-hydrogen) atoms. The maximum Gasteiger partial charge on any atom is 0.249 e. The number of hydrogen-bond donors (Lipinski definition) is 2. The van der Waals surface area contributed by atoms with Gasteiger partial charge in [-0.05, 0) is 36.6 Å². The number of carbonyl (C=O) groups is 1. The zero-order valence-corrected chi connectivity index (χ0v) is 13.1. The molecule has 0 aliphatic heterocycles. The lowest BCUT2D eigenvalue weighted by atomic mass is 9.94.